The normalized spacial score (nSPS) is 10.8. The summed E-state index contributed by atoms with van der Waals surface area (Å²) in [4.78, 5) is 25.4. The lowest BCUT2D eigenvalue weighted by Gasteiger charge is -2.02. The maximum atomic E-state index is 11.1. The van der Waals surface area contributed by atoms with Crippen LogP contribution in [0.2, 0.25) is 0 Å². The molecule has 0 radical (unpaired) electrons. The van der Waals surface area contributed by atoms with Gasteiger partial charge in [-0.3, -0.25) is 20.3 Å². The molecule has 90 valence electrons. The molecule has 17 heavy (non-hydrogen) atoms. The second-order valence-electron chi connectivity index (χ2n) is 2.90. The molecule has 0 heterocycles. The van der Waals surface area contributed by atoms with Crippen LogP contribution in [0.15, 0.2) is 29.4 Å². The Morgan fingerprint density at radius 1 is 1.59 bits per heavy atom. The molecule has 0 saturated heterocycles. The summed E-state index contributed by atoms with van der Waals surface area (Å²) in [6.07, 6.45) is -0.884. The SMILES string of the molecule is CC(Cl)=NOC(=O)Nc1cccc([N+](=O)[O-])c1. The zero-order chi connectivity index (χ0) is 12.8. The van der Waals surface area contributed by atoms with Gasteiger partial charge in [-0.2, -0.15) is 0 Å². The number of hydrogen-bond donors (Lipinski definition) is 1. The molecule has 0 aromatic heterocycles. The van der Waals surface area contributed by atoms with Crippen molar-refractivity contribution < 1.29 is 14.6 Å². The van der Waals surface area contributed by atoms with E-state index in [0.717, 1.165) is 0 Å². The molecule has 7 nitrogen and oxygen atoms in total. The Hall–Kier alpha value is -2.15. The minimum Gasteiger partial charge on any atom is -0.297 e. The van der Waals surface area contributed by atoms with Gasteiger partial charge in [0.15, 0.2) is 0 Å². The number of nitro benzene ring substituents is 1. The first kappa shape index (κ1) is 12.9. The number of nitro groups is 1. The second kappa shape index (κ2) is 5.80. The maximum Gasteiger partial charge on any atom is 0.437 e. The fourth-order valence-electron chi connectivity index (χ4n) is 0.942. The molecule has 0 bridgehead atoms. The Bertz CT molecular complexity index is 471. The van der Waals surface area contributed by atoms with Crippen molar-refractivity contribution in [1.29, 1.82) is 0 Å². The minimum atomic E-state index is -0.884. The molecule has 1 rings (SSSR count). The third-order valence-corrected chi connectivity index (χ3v) is 1.63. The highest BCUT2D eigenvalue weighted by Crippen LogP contribution is 2.17. The summed E-state index contributed by atoms with van der Waals surface area (Å²) >= 11 is 5.35. The van der Waals surface area contributed by atoms with Crippen molar-refractivity contribution in [3.8, 4) is 0 Å². The molecule has 0 atom stereocenters. The summed E-state index contributed by atoms with van der Waals surface area (Å²) in [5.74, 6) is 0. The molecule has 1 N–H and O–H groups in total. The van der Waals surface area contributed by atoms with Gasteiger partial charge in [-0.1, -0.05) is 22.8 Å². The fraction of sp³-hybridized carbons (Fsp3) is 0.111. The molecule has 1 aromatic carbocycles. The van der Waals surface area contributed by atoms with Gasteiger partial charge in [-0.15, -0.1) is 0 Å². The molecule has 1 amide bonds. The van der Waals surface area contributed by atoms with E-state index in [9.17, 15) is 14.9 Å². The molecule has 0 aliphatic heterocycles. The van der Waals surface area contributed by atoms with E-state index in [0.29, 0.717) is 0 Å². The van der Waals surface area contributed by atoms with Gasteiger partial charge < -0.3 is 0 Å². The van der Waals surface area contributed by atoms with Gasteiger partial charge in [0.1, 0.15) is 5.17 Å². The van der Waals surface area contributed by atoms with Crippen molar-refractivity contribution in [2.45, 2.75) is 6.92 Å². The number of anilines is 1. The van der Waals surface area contributed by atoms with Gasteiger partial charge in [0, 0.05) is 12.1 Å². The van der Waals surface area contributed by atoms with E-state index in [2.05, 4.69) is 15.3 Å². The van der Waals surface area contributed by atoms with E-state index in [1.54, 1.807) is 0 Å². The predicted molar refractivity (Wildman–Crippen MR) is 62.2 cm³/mol. The zero-order valence-electron chi connectivity index (χ0n) is 8.71. The lowest BCUT2D eigenvalue weighted by molar-refractivity contribution is -0.384. The largest absolute Gasteiger partial charge is 0.437 e. The van der Waals surface area contributed by atoms with Crippen molar-refractivity contribution in [2.24, 2.45) is 5.16 Å². The van der Waals surface area contributed by atoms with Crippen molar-refractivity contribution in [1.82, 2.24) is 0 Å². The van der Waals surface area contributed by atoms with Crippen LogP contribution in [-0.4, -0.2) is 16.2 Å². The second-order valence-corrected chi connectivity index (χ2v) is 3.45. The van der Waals surface area contributed by atoms with Crippen LogP contribution in [0, 0.1) is 10.1 Å². The number of hydrogen-bond acceptors (Lipinski definition) is 5. The standard InChI is InChI=1S/C9H8ClN3O4/c1-6(10)12-17-9(14)11-7-3-2-4-8(5-7)13(15)16/h2-5H,1H3,(H,11,14). The van der Waals surface area contributed by atoms with E-state index in [4.69, 9.17) is 11.6 Å². The Balaban J connectivity index is 2.68. The number of amides is 1. The summed E-state index contributed by atoms with van der Waals surface area (Å²) in [6.45, 7) is 1.43. The topological polar surface area (TPSA) is 93.8 Å². The minimum absolute atomic E-state index is 0.0548. The number of benzene rings is 1. The van der Waals surface area contributed by atoms with Crippen LogP contribution in [0.5, 0.6) is 0 Å². The Morgan fingerprint density at radius 2 is 2.29 bits per heavy atom. The molecule has 8 heteroatoms. The third-order valence-electron chi connectivity index (χ3n) is 1.56. The summed E-state index contributed by atoms with van der Waals surface area (Å²) in [7, 11) is 0. The number of rotatable bonds is 3. The predicted octanol–water partition coefficient (Wildman–Crippen LogP) is 2.72. The van der Waals surface area contributed by atoms with Gasteiger partial charge in [-0.05, 0) is 13.0 Å². The van der Waals surface area contributed by atoms with Crippen LogP contribution in [0.25, 0.3) is 0 Å². The first-order chi connectivity index (χ1) is 7.99. The average molecular weight is 258 g/mol. The van der Waals surface area contributed by atoms with Crippen LogP contribution in [0.4, 0.5) is 16.2 Å². The maximum absolute atomic E-state index is 11.1. The first-order valence-corrected chi connectivity index (χ1v) is 4.79. The zero-order valence-corrected chi connectivity index (χ0v) is 9.47. The Kier molecular flexibility index (Phi) is 4.41. The Morgan fingerprint density at radius 3 is 2.88 bits per heavy atom. The van der Waals surface area contributed by atoms with Crippen LogP contribution >= 0.6 is 11.6 Å². The number of oxime groups is 1. The first-order valence-electron chi connectivity index (χ1n) is 4.41. The molecule has 0 aliphatic carbocycles. The number of nitrogens with zero attached hydrogens (tertiary/aromatic N) is 2. The van der Waals surface area contributed by atoms with Crippen LogP contribution in [0.1, 0.15) is 6.92 Å². The molecule has 0 unspecified atom stereocenters. The quantitative estimate of drug-likeness (QED) is 0.390. The monoisotopic (exact) mass is 257 g/mol. The van der Waals surface area contributed by atoms with Gasteiger partial charge in [0.05, 0.1) is 10.6 Å². The molecule has 0 fully saturated rings. The number of carbonyl (C=O) groups is 1. The lowest BCUT2D eigenvalue weighted by Crippen LogP contribution is -2.11. The third kappa shape index (κ3) is 4.47. The van der Waals surface area contributed by atoms with E-state index in [-0.39, 0.29) is 16.5 Å². The molecule has 0 spiro atoms. The highest BCUT2D eigenvalue weighted by Gasteiger charge is 2.08. The number of carbonyl (C=O) groups excluding carboxylic acids is 1. The van der Waals surface area contributed by atoms with Crippen molar-refractivity contribution >= 4 is 34.2 Å². The van der Waals surface area contributed by atoms with E-state index < -0.39 is 11.0 Å². The lowest BCUT2D eigenvalue weighted by atomic mass is 10.3. The number of halogens is 1. The summed E-state index contributed by atoms with van der Waals surface area (Å²) in [5, 5.41) is 16.0. The van der Waals surface area contributed by atoms with Gasteiger partial charge >= 0.3 is 6.09 Å². The van der Waals surface area contributed by atoms with Gasteiger partial charge in [-0.25, -0.2) is 4.79 Å². The van der Waals surface area contributed by atoms with E-state index in [1.165, 1.54) is 31.2 Å². The number of nitrogens with one attached hydrogen (secondary N) is 1. The van der Waals surface area contributed by atoms with Crippen LogP contribution < -0.4 is 5.32 Å². The highest BCUT2D eigenvalue weighted by atomic mass is 35.5. The van der Waals surface area contributed by atoms with Crippen LogP contribution in [0.3, 0.4) is 0 Å². The van der Waals surface area contributed by atoms with E-state index in [1.807, 2.05) is 0 Å². The van der Waals surface area contributed by atoms with Crippen molar-refractivity contribution in [3.05, 3.63) is 34.4 Å². The highest BCUT2D eigenvalue weighted by molar-refractivity contribution is 6.64. The summed E-state index contributed by atoms with van der Waals surface area (Å²) in [5.41, 5.74) is 0.0893. The average Bonchev–Trinajstić information content (AvgIpc) is 2.26. The van der Waals surface area contributed by atoms with Crippen molar-refractivity contribution in [2.75, 3.05) is 5.32 Å². The molecule has 0 aliphatic rings. The van der Waals surface area contributed by atoms with Gasteiger partial charge in [0.2, 0.25) is 0 Å². The number of non-ortho nitro benzene ring substituents is 1. The summed E-state index contributed by atoms with van der Waals surface area (Å²) in [6, 6.07) is 5.41. The molecular formula is C9H8ClN3O4. The van der Waals surface area contributed by atoms with Gasteiger partial charge in [0.25, 0.3) is 5.69 Å². The Labute approximate surface area is 101 Å². The summed E-state index contributed by atoms with van der Waals surface area (Å²) < 4.78 is 0. The molecule has 0 saturated carbocycles. The molecular weight excluding hydrogens is 250 g/mol. The van der Waals surface area contributed by atoms with Crippen LogP contribution in [-0.2, 0) is 4.84 Å². The van der Waals surface area contributed by atoms with E-state index >= 15 is 0 Å². The van der Waals surface area contributed by atoms with Crippen molar-refractivity contribution in [3.63, 3.8) is 0 Å². The smallest absolute Gasteiger partial charge is 0.297 e. The molecule has 1 aromatic rings. The fourth-order valence-corrected chi connectivity index (χ4v) is 0.977.